The Morgan fingerprint density at radius 1 is 1.69 bits per heavy atom. The van der Waals surface area contributed by atoms with Gasteiger partial charge in [-0.2, -0.15) is 0 Å². The van der Waals surface area contributed by atoms with Crippen LogP contribution in [0.3, 0.4) is 0 Å². The molecular weight excluding hydrogens is 168 g/mol. The standard InChI is InChI=1S/C10H14O3/c1-3-13-10(12)9-7(2)5-4-6-8(9)11/h4,6-7,9H,3,5H2,1-2H3/t7-,9-/m1/s1. The summed E-state index contributed by atoms with van der Waals surface area (Å²) in [5.74, 6) is -1.02. The van der Waals surface area contributed by atoms with Gasteiger partial charge in [-0.25, -0.2) is 0 Å². The van der Waals surface area contributed by atoms with Crippen LogP contribution >= 0.6 is 0 Å². The summed E-state index contributed by atoms with van der Waals surface area (Å²) in [6.45, 7) is 3.97. The molecule has 0 aliphatic heterocycles. The van der Waals surface area contributed by atoms with Crippen molar-refractivity contribution < 1.29 is 14.3 Å². The van der Waals surface area contributed by atoms with Gasteiger partial charge in [0.25, 0.3) is 0 Å². The Morgan fingerprint density at radius 2 is 2.38 bits per heavy atom. The van der Waals surface area contributed by atoms with E-state index in [9.17, 15) is 9.59 Å². The van der Waals surface area contributed by atoms with Gasteiger partial charge < -0.3 is 4.74 Å². The largest absolute Gasteiger partial charge is 0.465 e. The highest BCUT2D eigenvalue weighted by Crippen LogP contribution is 2.23. The third-order valence-electron chi connectivity index (χ3n) is 2.21. The van der Waals surface area contributed by atoms with Gasteiger partial charge in [-0.05, 0) is 25.3 Å². The Kier molecular flexibility index (Phi) is 3.23. The minimum absolute atomic E-state index is 0.0662. The van der Waals surface area contributed by atoms with E-state index in [4.69, 9.17) is 4.74 Å². The molecule has 0 heterocycles. The molecule has 0 aromatic heterocycles. The molecule has 0 aromatic carbocycles. The molecule has 0 unspecified atom stereocenters. The van der Waals surface area contributed by atoms with E-state index in [0.717, 1.165) is 6.42 Å². The van der Waals surface area contributed by atoms with Crippen molar-refractivity contribution in [3.63, 3.8) is 0 Å². The number of allylic oxidation sites excluding steroid dienone is 2. The smallest absolute Gasteiger partial charge is 0.317 e. The first-order chi connectivity index (χ1) is 6.16. The molecule has 0 bridgehead atoms. The predicted octanol–water partition coefficient (Wildman–Crippen LogP) is 1.33. The molecule has 0 saturated carbocycles. The van der Waals surface area contributed by atoms with Gasteiger partial charge in [0, 0.05) is 0 Å². The molecule has 72 valence electrons. The second-order valence-electron chi connectivity index (χ2n) is 3.25. The van der Waals surface area contributed by atoms with Crippen molar-refractivity contribution in [2.75, 3.05) is 6.61 Å². The number of carbonyl (C=O) groups excluding carboxylic acids is 2. The quantitative estimate of drug-likeness (QED) is 0.478. The minimum Gasteiger partial charge on any atom is -0.465 e. The SMILES string of the molecule is CCOC(=O)[C@H]1C(=O)C=CC[C@H]1C. The van der Waals surface area contributed by atoms with Crippen molar-refractivity contribution in [1.29, 1.82) is 0 Å². The zero-order chi connectivity index (χ0) is 9.84. The summed E-state index contributed by atoms with van der Waals surface area (Å²) < 4.78 is 4.83. The van der Waals surface area contributed by atoms with Gasteiger partial charge in [-0.15, -0.1) is 0 Å². The zero-order valence-corrected chi connectivity index (χ0v) is 7.95. The van der Waals surface area contributed by atoms with Crippen LogP contribution in [-0.2, 0) is 14.3 Å². The Balaban J connectivity index is 2.71. The second-order valence-corrected chi connectivity index (χ2v) is 3.25. The summed E-state index contributed by atoms with van der Waals surface area (Å²) in [6, 6.07) is 0. The maximum atomic E-state index is 11.3. The van der Waals surface area contributed by atoms with Gasteiger partial charge >= 0.3 is 5.97 Å². The molecular formula is C10H14O3. The van der Waals surface area contributed by atoms with Crippen LogP contribution in [0.25, 0.3) is 0 Å². The highest BCUT2D eigenvalue weighted by molar-refractivity contribution is 6.05. The van der Waals surface area contributed by atoms with E-state index in [-0.39, 0.29) is 17.7 Å². The number of ketones is 1. The van der Waals surface area contributed by atoms with E-state index in [2.05, 4.69) is 0 Å². The molecule has 0 spiro atoms. The number of esters is 1. The molecule has 13 heavy (non-hydrogen) atoms. The lowest BCUT2D eigenvalue weighted by Crippen LogP contribution is -2.32. The van der Waals surface area contributed by atoms with Gasteiger partial charge in [0.2, 0.25) is 0 Å². The fourth-order valence-corrected chi connectivity index (χ4v) is 1.50. The average Bonchev–Trinajstić information content (AvgIpc) is 2.04. The van der Waals surface area contributed by atoms with E-state index in [1.165, 1.54) is 6.08 Å². The maximum absolute atomic E-state index is 11.3. The van der Waals surface area contributed by atoms with Crippen molar-refractivity contribution in [3.8, 4) is 0 Å². The van der Waals surface area contributed by atoms with Gasteiger partial charge in [-0.3, -0.25) is 9.59 Å². The molecule has 1 rings (SSSR count). The minimum atomic E-state index is -0.579. The first kappa shape index (κ1) is 9.96. The second kappa shape index (κ2) is 4.21. The molecule has 0 N–H and O–H groups in total. The van der Waals surface area contributed by atoms with E-state index < -0.39 is 5.92 Å². The highest BCUT2D eigenvalue weighted by atomic mass is 16.5. The average molecular weight is 182 g/mol. The highest BCUT2D eigenvalue weighted by Gasteiger charge is 2.33. The topological polar surface area (TPSA) is 43.4 Å². The summed E-state index contributed by atoms with van der Waals surface area (Å²) in [5, 5.41) is 0. The van der Waals surface area contributed by atoms with Gasteiger partial charge in [0.05, 0.1) is 6.61 Å². The summed E-state index contributed by atoms with van der Waals surface area (Å²) in [5.41, 5.74) is 0. The van der Waals surface area contributed by atoms with Crippen molar-refractivity contribution in [2.45, 2.75) is 20.3 Å². The third kappa shape index (κ3) is 2.17. The normalized spacial score (nSPS) is 27.4. The molecule has 0 saturated heterocycles. The van der Waals surface area contributed by atoms with Crippen LogP contribution < -0.4 is 0 Å². The van der Waals surface area contributed by atoms with Crippen LogP contribution in [0.1, 0.15) is 20.3 Å². The molecule has 0 amide bonds. The Bertz CT molecular complexity index is 243. The molecule has 3 heteroatoms. The third-order valence-corrected chi connectivity index (χ3v) is 2.21. The van der Waals surface area contributed by atoms with Crippen LogP contribution in [0, 0.1) is 11.8 Å². The summed E-state index contributed by atoms with van der Waals surface area (Å²) >= 11 is 0. The Labute approximate surface area is 77.8 Å². The van der Waals surface area contributed by atoms with E-state index in [1.807, 2.05) is 13.0 Å². The predicted molar refractivity (Wildman–Crippen MR) is 48.1 cm³/mol. The fourth-order valence-electron chi connectivity index (χ4n) is 1.50. The lowest BCUT2D eigenvalue weighted by atomic mass is 9.83. The molecule has 0 radical (unpaired) electrons. The number of hydrogen-bond acceptors (Lipinski definition) is 3. The monoisotopic (exact) mass is 182 g/mol. The van der Waals surface area contributed by atoms with Crippen molar-refractivity contribution in [3.05, 3.63) is 12.2 Å². The summed E-state index contributed by atoms with van der Waals surface area (Å²) in [4.78, 5) is 22.7. The number of hydrogen-bond donors (Lipinski definition) is 0. The van der Waals surface area contributed by atoms with Gasteiger partial charge in [0.1, 0.15) is 5.92 Å². The van der Waals surface area contributed by atoms with Gasteiger partial charge in [-0.1, -0.05) is 13.0 Å². The number of carbonyl (C=O) groups is 2. The van der Waals surface area contributed by atoms with E-state index in [0.29, 0.717) is 6.61 Å². The molecule has 1 aliphatic carbocycles. The summed E-state index contributed by atoms with van der Waals surface area (Å²) in [7, 11) is 0. The van der Waals surface area contributed by atoms with E-state index >= 15 is 0 Å². The first-order valence-electron chi connectivity index (χ1n) is 4.53. The van der Waals surface area contributed by atoms with E-state index in [1.54, 1.807) is 6.92 Å². The van der Waals surface area contributed by atoms with Crippen LogP contribution in [-0.4, -0.2) is 18.4 Å². The maximum Gasteiger partial charge on any atom is 0.317 e. The molecule has 3 nitrogen and oxygen atoms in total. The Morgan fingerprint density at radius 3 is 2.92 bits per heavy atom. The fraction of sp³-hybridized carbons (Fsp3) is 0.600. The van der Waals surface area contributed by atoms with Crippen molar-refractivity contribution in [1.82, 2.24) is 0 Å². The lowest BCUT2D eigenvalue weighted by Gasteiger charge is -2.21. The van der Waals surface area contributed by atoms with Crippen molar-refractivity contribution >= 4 is 11.8 Å². The first-order valence-corrected chi connectivity index (χ1v) is 4.53. The van der Waals surface area contributed by atoms with Crippen LogP contribution in [0.5, 0.6) is 0 Å². The lowest BCUT2D eigenvalue weighted by molar-refractivity contribution is -0.152. The van der Waals surface area contributed by atoms with Gasteiger partial charge in [0.15, 0.2) is 5.78 Å². The number of rotatable bonds is 2. The molecule has 0 aromatic rings. The number of ether oxygens (including phenoxy) is 1. The summed E-state index contributed by atoms with van der Waals surface area (Å²) in [6.07, 6.45) is 4.06. The van der Waals surface area contributed by atoms with Crippen LogP contribution in [0.15, 0.2) is 12.2 Å². The molecule has 1 aliphatic rings. The molecule has 2 atom stereocenters. The Hall–Kier alpha value is -1.12. The zero-order valence-electron chi connectivity index (χ0n) is 7.95. The van der Waals surface area contributed by atoms with Crippen molar-refractivity contribution in [2.24, 2.45) is 11.8 Å². The molecule has 0 fully saturated rings. The van der Waals surface area contributed by atoms with Crippen LogP contribution in [0.4, 0.5) is 0 Å². The van der Waals surface area contributed by atoms with Crippen LogP contribution in [0.2, 0.25) is 0 Å².